The second-order valence-electron chi connectivity index (χ2n) is 6.39. The Bertz CT molecular complexity index is 1040. The van der Waals surface area contributed by atoms with E-state index in [0.29, 0.717) is 5.82 Å². The number of aromatic nitrogens is 5. The molecule has 0 amide bonds. The molecule has 0 saturated carbocycles. The number of hydrogen-bond donors (Lipinski definition) is 1. The predicted molar refractivity (Wildman–Crippen MR) is 82.9 cm³/mol. The molecule has 0 radical (unpaired) electrons. The van der Waals surface area contributed by atoms with Crippen LogP contribution in [0.15, 0.2) is 28.0 Å². The SMILES string of the molecule is CC(C)(C)n1ncnc1Cn1c(=O)[nH]c2cc(F)c(F)cc2c1=O. The van der Waals surface area contributed by atoms with Crippen LogP contribution in [0.25, 0.3) is 10.9 Å². The highest BCUT2D eigenvalue weighted by Crippen LogP contribution is 2.15. The molecule has 0 fully saturated rings. The number of fused-ring (bicyclic) bond motifs is 1. The standard InChI is InChI=1S/C15H15F2N5O2/c1-15(2,3)22-12(18-7-19-22)6-21-13(23)8-4-9(16)10(17)5-11(8)20-14(21)24/h4-5,7H,6H2,1-3H3,(H,20,24). The van der Waals surface area contributed by atoms with Crippen molar-refractivity contribution in [2.24, 2.45) is 0 Å². The summed E-state index contributed by atoms with van der Waals surface area (Å²) in [5.74, 6) is -1.89. The minimum atomic E-state index is -1.16. The van der Waals surface area contributed by atoms with Gasteiger partial charge >= 0.3 is 5.69 Å². The molecular weight excluding hydrogens is 320 g/mol. The van der Waals surface area contributed by atoms with Crippen molar-refractivity contribution in [3.63, 3.8) is 0 Å². The first-order valence-corrected chi connectivity index (χ1v) is 7.20. The van der Waals surface area contributed by atoms with Gasteiger partial charge in [-0.1, -0.05) is 0 Å². The van der Waals surface area contributed by atoms with E-state index in [1.807, 2.05) is 20.8 Å². The van der Waals surface area contributed by atoms with Gasteiger partial charge in [-0.05, 0) is 26.8 Å². The number of H-pyrrole nitrogens is 1. The maximum atomic E-state index is 13.4. The molecule has 1 aromatic carbocycles. The highest BCUT2D eigenvalue weighted by molar-refractivity contribution is 5.77. The normalized spacial score (nSPS) is 12.0. The minimum Gasteiger partial charge on any atom is -0.307 e. The van der Waals surface area contributed by atoms with E-state index in [1.54, 1.807) is 4.68 Å². The van der Waals surface area contributed by atoms with E-state index in [1.165, 1.54) is 6.33 Å². The van der Waals surface area contributed by atoms with Crippen LogP contribution >= 0.6 is 0 Å². The third kappa shape index (κ3) is 2.61. The van der Waals surface area contributed by atoms with E-state index in [0.717, 1.165) is 16.7 Å². The van der Waals surface area contributed by atoms with Crippen LogP contribution in [-0.2, 0) is 12.1 Å². The Morgan fingerprint density at radius 3 is 2.50 bits per heavy atom. The van der Waals surface area contributed by atoms with Crippen LogP contribution in [0, 0.1) is 11.6 Å². The molecule has 0 aliphatic carbocycles. The Morgan fingerprint density at radius 2 is 1.83 bits per heavy atom. The molecule has 0 unspecified atom stereocenters. The Morgan fingerprint density at radius 1 is 1.17 bits per heavy atom. The van der Waals surface area contributed by atoms with Crippen molar-refractivity contribution < 1.29 is 8.78 Å². The quantitative estimate of drug-likeness (QED) is 0.766. The van der Waals surface area contributed by atoms with E-state index in [-0.39, 0.29) is 17.4 Å². The second kappa shape index (κ2) is 5.36. The lowest BCUT2D eigenvalue weighted by atomic mass is 10.1. The summed E-state index contributed by atoms with van der Waals surface area (Å²) < 4.78 is 29.2. The number of aromatic amines is 1. The zero-order chi connectivity index (χ0) is 17.6. The Kier molecular flexibility index (Phi) is 3.58. The van der Waals surface area contributed by atoms with Crippen molar-refractivity contribution in [2.75, 3.05) is 0 Å². The Balaban J connectivity index is 2.18. The highest BCUT2D eigenvalue weighted by atomic mass is 19.2. The van der Waals surface area contributed by atoms with Crippen LogP contribution in [0.1, 0.15) is 26.6 Å². The van der Waals surface area contributed by atoms with E-state index >= 15 is 0 Å². The van der Waals surface area contributed by atoms with Crippen molar-refractivity contribution in [3.05, 3.63) is 56.8 Å². The summed E-state index contributed by atoms with van der Waals surface area (Å²) in [5.41, 5.74) is -1.91. The van der Waals surface area contributed by atoms with Crippen LogP contribution in [0.4, 0.5) is 8.78 Å². The lowest BCUT2D eigenvalue weighted by molar-refractivity contribution is 0.337. The fourth-order valence-corrected chi connectivity index (χ4v) is 2.47. The number of halogens is 2. The first-order valence-electron chi connectivity index (χ1n) is 7.20. The fourth-order valence-electron chi connectivity index (χ4n) is 2.47. The molecule has 126 valence electrons. The highest BCUT2D eigenvalue weighted by Gasteiger charge is 2.20. The van der Waals surface area contributed by atoms with Crippen molar-refractivity contribution in [3.8, 4) is 0 Å². The molecule has 0 saturated heterocycles. The molecule has 2 heterocycles. The number of benzene rings is 1. The molecule has 7 nitrogen and oxygen atoms in total. The van der Waals surface area contributed by atoms with Gasteiger partial charge in [0.25, 0.3) is 5.56 Å². The van der Waals surface area contributed by atoms with Gasteiger partial charge in [-0.25, -0.2) is 23.2 Å². The number of hydrogen-bond acceptors (Lipinski definition) is 4. The number of nitrogens with zero attached hydrogens (tertiary/aromatic N) is 4. The van der Waals surface area contributed by atoms with E-state index in [2.05, 4.69) is 15.1 Å². The summed E-state index contributed by atoms with van der Waals surface area (Å²) in [5, 5.41) is 3.98. The molecule has 1 N–H and O–H groups in total. The Hall–Kier alpha value is -2.84. The summed E-state index contributed by atoms with van der Waals surface area (Å²) in [6, 6.07) is 1.56. The predicted octanol–water partition coefficient (Wildman–Crippen LogP) is 1.36. The molecule has 0 bridgehead atoms. The summed E-state index contributed by atoms with van der Waals surface area (Å²) in [6.07, 6.45) is 1.33. The van der Waals surface area contributed by atoms with Crippen LogP contribution in [0.2, 0.25) is 0 Å². The molecule has 9 heteroatoms. The van der Waals surface area contributed by atoms with E-state index in [4.69, 9.17) is 0 Å². The molecule has 0 aliphatic heterocycles. The van der Waals surface area contributed by atoms with Crippen molar-refractivity contribution in [2.45, 2.75) is 32.9 Å². The summed E-state index contributed by atoms with van der Waals surface area (Å²) in [7, 11) is 0. The van der Waals surface area contributed by atoms with Gasteiger partial charge < -0.3 is 4.98 Å². The molecule has 24 heavy (non-hydrogen) atoms. The fraction of sp³-hybridized carbons (Fsp3) is 0.333. The molecule has 0 aliphatic rings. The average molecular weight is 335 g/mol. The first kappa shape index (κ1) is 16.0. The molecule has 3 aromatic rings. The molecule has 2 aromatic heterocycles. The monoisotopic (exact) mass is 335 g/mol. The van der Waals surface area contributed by atoms with Gasteiger partial charge in [0.1, 0.15) is 12.2 Å². The number of nitrogens with one attached hydrogen (secondary N) is 1. The van der Waals surface area contributed by atoms with Crippen LogP contribution in [0.5, 0.6) is 0 Å². The zero-order valence-corrected chi connectivity index (χ0v) is 13.3. The Labute approximate surface area is 134 Å². The molecule has 0 atom stereocenters. The maximum Gasteiger partial charge on any atom is 0.329 e. The molecule has 0 spiro atoms. The topological polar surface area (TPSA) is 85.6 Å². The van der Waals surface area contributed by atoms with Gasteiger partial charge in [0.05, 0.1) is 23.0 Å². The van der Waals surface area contributed by atoms with Crippen molar-refractivity contribution in [1.29, 1.82) is 0 Å². The maximum absolute atomic E-state index is 13.4. The second-order valence-corrected chi connectivity index (χ2v) is 6.39. The molecular formula is C15H15F2N5O2. The average Bonchev–Trinajstić information content (AvgIpc) is 2.94. The summed E-state index contributed by atoms with van der Waals surface area (Å²) in [4.78, 5) is 31.1. The number of rotatable bonds is 2. The van der Waals surface area contributed by atoms with Crippen LogP contribution < -0.4 is 11.2 Å². The lowest BCUT2D eigenvalue weighted by Gasteiger charge is -2.21. The van der Waals surface area contributed by atoms with Gasteiger partial charge in [0, 0.05) is 6.07 Å². The summed E-state index contributed by atoms with van der Waals surface area (Å²) >= 11 is 0. The molecule has 3 rings (SSSR count). The van der Waals surface area contributed by atoms with Gasteiger partial charge in [-0.2, -0.15) is 5.10 Å². The van der Waals surface area contributed by atoms with Gasteiger partial charge in [0.2, 0.25) is 0 Å². The first-order chi connectivity index (χ1) is 11.2. The van der Waals surface area contributed by atoms with Crippen LogP contribution in [0.3, 0.4) is 0 Å². The smallest absolute Gasteiger partial charge is 0.307 e. The van der Waals surface area contributed by atoms with Gasteiger partial charge in [0.15, 0.2) is 11.6 Å². The van der Waals surface area contributed by atoms with Gasteiger partial charge in [-0.3, -0.25) is 9.36 Å². The van der Waals surface area contributed by atoms with E-state index < -0.39 is 28.4 Å². The zero-order valence-electron chi connectivity index (χ0n) is 13.3. The lowest BCUT2D eigenvalue weighted by Crippen LogP contribution is -2.37. The van der Waals surface area contributed by atoms with Crippen molar-refractivity contribution >= 4 is 10.9 Å². The van der Waals surface area contributed by atoms with Crippen LogP contribution in [-0.4, -0.2) is 24.3 Å². The van der Waals surface area contributed by atoms with E-state index in [9.17, 15) is 18.4 Å². The third-order valence-corrected chi connectivity index (χ3v) is 3.58. The largest absolute Gasteiger partial charge is 0.329 e. The van der Waals surface area contributed by atoms with Gasteiger partial charge in [-0.15, -0.1) is 0 Å². The third-order valence-electron chi connectivity index (χ3n) is 3.58. The van der Waals surface area contributed by atoms with Crippen molar-refractivity contribution in [1.82, 2.24) is 24.3 Å². The summed E-state index contributed by atoms with van der Waals surface area (Å²) in [6.45, 7) is 5.56. The minimum absolute atomic E-state index is 0.0579.